The van der Waals surface area contributed by atoms with Gasteiger partial charge in [-0.15, -0.1) is 6.58 Å². The first-order valence-corrected chi connectivity index (χ1v) is 8.86. The topological polar surface area (TPSA) is 72.7 Å². The molecule has 0 aromatic carbocycles. The van der Waals surface area contributed by atoms with Crippen LogP contribution < -0.4 is 11.2 Å². The van der Waals surface area contributed by atoms with Crippen molar-refractivity contribution in [3.05, 3.63) is 33.5 Å². The normalized spacial score (nSPS) is 12.7. The fraction of sp³-hybridized carbons (Fsp3) is 0.562. The average molecular weight is 336 g/mol. The van der Waals surface area contributed by atoms with Crippen LogP contribution in [0, 0.1) is 0 Å². The molecule has 0 aliphatic rings. The Kier molecular flexibility index (Phi) is 5.87. The SMILES string of the molecule is C=CC(C)Sc1nc2c(c(=O)[nH]c(=O)n2C)n1CCCCCC. The van der Waals surface area contributed by atoms with E-state index >= 15 is 0 Å². The molecule has 0 spiro atoms. The van der Waals surface area contributed by atoms with Crippen LogP contribution in [0.1, 0.15) is 39.5 Å². The molecular formula is C16H24N4O2S. The Morgan fingerprint density at radius 3 is 2.74 bits per heavy atom. The van der Waals surface area contributed by atoms with Gasteiger partial charge in [0.05, 0.1) is 0 Å². The largest absolute Gasteiger partial charge is 0.329 e. The Bertz CT molecular complexity index is 803. The zero-order valence-electron chi connectivity index (χ0n) is 14.0. The van der Waals surface area contributed by atoms with Crippen molar-refractivity contribution < 1.29 is 0 Å². The Morgan fingerprint density at radius 2 is 2.09 bits per heavy atom. The fourth-order valence-corrected chi connectivity index (χ4v) is 3.30. The summed E-state index contributed by atoms with van der Waals surface area (Å²) in [5.74, 6) is 0. The predicted molar refractivity (Wildman–Crippen MR) is 95.3 cm³/mol. The third-order valence-electron chi connectivity index (χ3n) is 3.83. The van der Waals surface area contributed by atoms with E-state index in [1.54, 1.807) is 18.8 Å². The third kappa shape index (κ3) is 3.77. The number of thioether (sulfide) groups is 1. The average Bonchev–Trinajstić information content (AvgIpc) is 2.88. The van der Waals surface area contributed by atoms with Gasteiger partial charge in [0.1, 0.15) is 0 Å². The summed E-state index contributed by atoms with van der Waals surface area (Å²) in [5, 5.41) is 0.938. The molecule has 0 amide bonds. The van der Waals surface area contributed by atoms with E-state index in [2.05, 4.69) is 23.5 Å². The number of aryl methyl sites for hydroxylation is 2. The van der Waals surface area contributed by atoms with Crippen LogP contribution in [0.15, 0.2) is 27.4 Å². The summed E-state index contributed by atoms with van der Waals surface area (Å²) in [6, 6.07) is 0. The molecule has 0 fully saturated rings. The fourth-order valence-electron chi connectivity index (χ4n) is 2.42. The highest BCUT2D eigenvalue weighted by molar-refractivity contribution is 7.99. The molecule has 0 radical (unpaired) electrons. The summed E-state index contributed by atoms with van der Waals surface area (Å²) in [6.45, 7) is 8.72. The van der Waals surface area contributed by atoms with Gasteiger partial charge in [-0.3, -0.25) is 14.3 Å². The van der Waals surface area contributed by atoms with Crippen molar-refractivity contribution in [3.8, 4) is 0 Å². The molecule has 126 valence electrons. The lowest BCUT2D eigenvalue weighted by Crippen LogP contribution is -2.29. The van der Waals surface area contributed by atoms with Crippen LogP contribution >= 0.6 is 11.8 Å². The van der Waals surface area contributed by atoms with Gasteiger partial charge >= 0.3 is 5.69 Å². The van der Waals surface area contributed by atoms with Crippen LogP contribution in [0.3, 0.4) is 0 Å². The van der Waals surface area contributed by atoms with Crippen molar-refractivity contribution in [3.63, 3.8) is 0 Å². The van der Waals surface area contributed by atoms with Gasteiger partial charge in [0.15, 0.2) is 16.3 Å². The van der Waals surface area contributed by atoms with Crippen LogP contribution in [0.5, 0.6) is 0 Å². The van der Waals surface area contributed by atoms with Gasteiger partial charge in [0, 0.05) is 18.8 Å². The minimum atomic E-state index is -0.438. The van der Waals surface area contributed by atoms with Gasteiger partial charge in [0.2, 0.25) is 0 Å². The minimum Gasteiger partial charge on any atom is -0.313 e. The molecule has 23 heavy (non-hydrogen) atoms. The molecule has 2 rings (SSSR count). The van der Waals surface area contributed by atoms with E-state index in [1.807, 2.05) is 17.6 Å². The highest BCUT2D eigenvalue weighted by Crippen LogP contribution is 2.26. The Morgan fingerprint density at radius 1 is 1.35 bits per heavy atom. The van der Waals surface area contributed by atoms with Crippen molar-refractivity contribution in [1.82, 2.24) is 19.1 Å². The summed E-state index contributed by atoms with van der Waals surface area (Å²) in [4.78, 5) is 31.0. The van der Waals surface area contributed by atoms with Crippen LogP contribution in [-0.4, -0.2) is 24.4 Å². The molecule has 0 saturated heterocycles. The maximum atomic E-state index is 12.3. The Balaban J connectivity index is 2.51. The van der Waals surface area contributed by atoms with Crippen LogP contribution in [0.4, 0.5) is 0 Å². The molecule has 0 aliphatic heterocycles. The molecule has 2 aromatic heterocycles. The summed E-state index contributed by atoms with van der Waals surface area (Å²) < 4.78 is 3.33. The minimum absolute atomic E-state index is 0.178. The molecule has 7 heteroatoms. The van der Waals surface area contributed by atoms with Gasteiger partial charge in [-0.1, -0.05) is 44.0 Å². The Labute approximate surface area is 139 Å². The second kappa shape index (κ2) is 7.68. The van der Waals surface area contributed by atoms with E-state index in [0.29, 0.717) is 11.2 Å². The van der Waals surface area contributed by atoms with Crippen LogP contribution in [0.25, 0.3) is 11.2 Å². The number of unbranched alkanes of at least 4 members (excludes halogenated alkanes) is 3. The van der Waals surface area contributed by atoms with Crippen molar-refractivity contribution in [2.75, 3.05) is 0 Å². The maximum Gasteiger partial charge on any atom is 0.329 e. The molecule has 0 aliphatic carbocycles. The third-order valence-corrected chi connectivity index (χ3v) is 4.92. The number of imidazole rings is 1. The number of nitrogens with one attached hydrogen (secondary N) is 1. The second-order valence-corrected chi connectivity index (χ2v) is 7.00. The predicted octanol–water partition coefficient (Wildman–Crippen LogP) is 2.67. The van der Waals surface area contributed by atoms with Gasteiger partial charge in [0.25, 0.3) is 5.56 Å². The van der Waals surface area contributed by atoms with Crippen molar-refractivity contribution in [2.24, 2.45) is 7.05 Å². The van der Waals surface area contributed by atoms with Crippen LogP contribution in [-0.2, 0) is 13.6 Å². The highest BCUT2D eigenvalue weighted by Gasteiger charge is 2.18. The lowest BCUT2D eigenvalue weighted by Gasteiger charge is -2.10. The van der Waals surface area contributed by atoms with Gasteiger partial charge in [-0.25, -0.2) is 9.78 Å². The lowest BCUT2D eigenvalue weighted by atomic mass is 10.2. The number of aromatic nitrogens is 4. The van der Waals surface area contributed by atoms with Gasteiger partial charge in [-0.05, 0) is 13.3 Å². The number of nitrogens with zero attached hydrogens (tertiary/aromatic N) is 3. The summed E-state index contributed by atoms with van der Waals surface area (Å²) in [6.07, 6.45) is 6.27. The molecule has 2 aromatic rings. The quantitative estimate of drug-likeness (QED) is 0.457. The van der Waals surface area contributed by atoms with E-state index in [4.69, 9.17) is 0 Å². The molecule has 0 bridgehead atoms. The molecule has 1 atom stereocenters. The van der Waals surface area contributed by atoms with Gasteiger partial charge in [-0.2, -0.15) is 0 Å². The highest BCUT2D eigenvalue weighted by atomic mass is 32.2. The molecular weight excluding hydrogens is 312 g/mol. The molecule has 6 nitrogen and oxygen atoms in total. The first-order valence-electron chi connectivity index (χ1n) is 7.98. The Hall–Kier alpha value is -1.76. The first-order chi connectivity index (χ1) is 11.0. The number of hydrogen-bond acceptors (Lipinski definition) is 4. The zero-order chi connectivity index (χ0) is 17.0. The van der Waals surface area contributed by atoms with E-state index in [1.165, 1.54) is 11.0 Å². The number of fused-ring (bicyclic) bond motifs is 1. The van der Waals surface area contributed by atoms with E-state index in [-0.39, 0.29) is 10.8 Å². The maximum absolute atomic E-state index is 12.3. The smallest absolute Gasteiger partial charge is 0.313 e. The number of hydrogen-bond donors (Lipinski definition) is 1. The molecule has 1 unspecified atom stereocenters. The van der Waals surface area contributed by atoms with E-state index < -0.39 is 5.69 Å². The van der Waals surface area contributed by atoms with Gasteiger partial charge < -0.3 is 4.57 Å². The molecule has 1 N–H and O–H groups in total. The summed E-state index contributed by atoms with van der Waals surface area (Å²) in [5.41, 5.74) is 0.103. The standard InChI is InChI=1S/C16H24N4O2S/c1-5-7-8-9-10-20-12-13(17-16(20)23-11(3)6-2)19(4)15(22)18-14(12)21/h6,11H,2,5,7-10H2,1,3-4H3,(H,18,21,22). The zero-order valence-corrected chi connectivity index (χ0v) is 14.8. The molecule has 2 heterocycles. The van der Waals surface area contributed by atoms with Crippen molar-refractivity contribution in [2.45, 2.75) is 56.5 Å². The monoisotopic (exact) mass is 336 g/mol. The summed E-state index contributed by atoms with van der Waals surface area (Å²) >= 11 is 1.55. The van der Waals surface area contributed by atoms with Crippen molar-refractivity contribution in [1.29, 1.82) is 0 Å². The number of aromatic amines is 1. The summed E-state index contributed by atoms with van der Waals surface area (Å²) in [7, 11) is 1.63. The van der Waals surface area contributed by atoms with Crippen LogP contribution in [0.2, 0.25) is 0 Å². The lowest BCUT2D eigenvalue weighted by molar-refractivity contribution is 0.562. The second-order valence-electron chi connectivity index (χ2n) is 5.66. The first kappa shape index (κ1) is 17.6. The van der Waals surface area contributed by atoms with E-state index in [0.717, 1.165) is 31.0 Å². The number of rotatable bonds is 8. The molecule has 0 saturated carbocycles. The van der Waals surface area contributed by atoms with Crippen molar-refractivity contribution >= 4 is 22.9 Å². The van der Waals surface area contributed by atoms with E-state index in [9.17, 15) is 9.59 Å². The number of H-pyrrole nitrogens is 1.